The monoisotopic (exact) mass is 437 g/mol. The van der Waals surface area contributed by atoms with Crippen LogP contribution in [0.5, 0.6) is 5.75 Å². The Labute approximate surface area is 199 Å². The Kier molecular flexibility index (Phi) is 4.70. The van der Waals surface area contributed by atoms with E-state index in [1.54, 1.807) is 13.8 Å². The minimum Gasteiger partial charge on any atom is -0.493 e. The highest BCUT2D eigenvalue weighted by Crippen LogP contribution is 2.19. The van der Waals surface area contributed by atoms with Crippen LogP contribution in [0.4, 0.5) is 9.18 Å². The highest BCUT2D eigenvalue weighted by molar-refractivity contribution is 5.74. The van der Waals surface area contributed by atoms with E-state index in [0.29, 0.717) is 5.56 Å². The Morgan fingerprint density at radius 2 is 1.90 bits per heavy atom. The highest BCUT2D eigenvalue weighted by atomic mass is 19.1. The minimum atomic E-state index is -2.26. The van der Waals surface area contributed by atoms with E-state index in [0.717, 1.165) is 4.90 Å². The fourth-order valence-corrected chi connectivity index (χ4v) is 2.89. The number of rotatable bonds is 8. The predicted molar refractivity (Wildman–Crippen MR) is 121 cm³/mol. The molecule has 0 spiro atoms. The number of ether oxygens (including phenoxy) is 1. The maximum Gasteiger partial charge on any atom is 0.318 e. The minimum absolute atomic E-state index is 0.113. The molecule has 0 unspecified atom stereocenters. The fraction of sp³-hybridized carbons (Fsp3) is 0.480. The van der Waals surface area contributed by atoms with Gasteiger partial charge in [0, 0.05) is 24.6 Å². The zero-order chi connectivity index (χ0) is 31.1. The Hall–Kier alpha value is -2.60. The van der Waals surface area contributed by atoms with Gasteiger partial charge in [-0.1, -0.05) is 38.1 Å². The van der Waals surface area contributed by atoms with Crippen LogP contribution in [0.2, 0.25) is 0 Å². The predicted octanol–water partition coefficient (Wildman–Crippen LogP) is 4.67. The first kappa shape index (κ1) is 13.1. The van der Waals surface area contributed by atoms with Crippen LogP contribution < -0.4 is 10.1 Å². The van der Waals surface area contributed by atoms with Gasteiger partial charge in [-0.3, -0.25) is 0 Å². The van der Waals surface area contributed by atoms with Crippen LogP contribution in [-0.4, -0.2) is 48.5 Å². The van der Waals surface area contributed by atoms with Crippen molar-refractivity contribution in [3.8, 4) is 5.75 Å². The van der Waals surface area contributed by atoms with Gasteiger partial charge in [-0.15, -0.1) is 0 Å². The number of carbonyl (C=O) groups excluding carboxylic acids is 1. The zero-order valence-electron chi connectivity index (χ0n) is 27.9. The van der Waals surface area contributed by atoms with Crippen molar-refractivity contribution in [3.05, 3.63) is 65.4 Å². The van der Waals surface area contributed by atoms with Gasteiger partial charge in [0.25, 0.3) is 0 Å². The van der Waals surface area contributed by atoms with Crippen molar-refractivity contribution in [3.63, 3.8) is 0 Å². The molecule has 1 N–H and O–H groups in total. The lowest BCUT2D eigenvalue weighted by Crippen LogP contribution is -2.49. The van der Waals surface area contributed by atoms with E-state index in [1.807, 2.05) is 0 Å². The van der Waals surface area contributed by atoms with E-state index in [-0.39, 0.29) is 24.9 Å². The van der Waals surface area contributed by atoms with Crippen molar-refractivity contribution in [2.75, 3.05) is 26.6 Å². The summed E-state index contributed by atoms with van der Waals surface area (Å²) in [5.41, 5.74) is 0.327. The van der Waals surface area contributed by atoms with Crippen LogP contribution in [-0.2, 0) is 13.1 Å². The third kappa shape index (κ3) is 7.24. The molecule has 2 aromatic rings. The second-order valence-corrected chi connectivity index (χ2v) is 7.53. The molecular formula is C25H34FN3O2. The Balaban J connectivity index is 1.92. The number of carbonyl (C=O) groups is 1. The molecule has 1 heterocycles. The molecular weight excluding hydrogens is 393 g/mol. The van der Waals surface area contributed by atoms with E-state index in [2.05, 4.69) is 5.32 Å². The van der Waals surface area contributed by atoms with Crippen molar-refractivity contribution in [1.82, 2.24) is 15.1 Å². The van der Waals surface area contributed by atoms with E-state index >= 15 is 0 Å². The van der Waals surface area contributed by atoms with Gasteiger partial charge in [-0.25, -0.2) is 9.18 Å². The van der Waals surface area contributed by atoms with E-state index in [9.17, 15) is 9.18 Å². The van der Waals surface area contributed by atoms with Gasteiger partial charge in [-0.05, 0) is 74.1 Å². The number of benzene rings is 2. The topological polar surface area (TPSA) is 44.8 Å². The van der Waals surface area contributed by atoms with Crippen LogP contribution >= 0.6 is 0 Å². The van der Waals surface area contributed by atoms with Crippen molar-refractivity contribution in [2.24, 2.45) is 5.92 Å². The van der Waals surface area contributed by atoms with Gasteiger partial charge < -0.3 is 19.9 Å². The SMILES string of the molecule is [2H]c1c([2H])c(OC([2H])([2H])C(C)C)c([2H])c([2H])c1CNC(=O)N(Cc1ccc(F)cc1)C1CC([2H])([2H])N(C)C([2H])([2H])C1. The Bertz CT molecular complexity index is 1230. The summed E-state index contributed by atoms with van der Waals surface area (Å²) in [6.07, 6.45) is -0.439. The van der Waals surface area contributed by atoms with Gasteiger partial charge >= 0.3 is 6.03 Å². The summed E-state index contributed by atoms with van der Waals surface area (Å²) in [5, 5.41) is 2.55. The molecule has 1 aliphatic rings. The molecule has 1 saturated heterocycles. The van der Waals surface area contributed by atoms with Gasteiger partial charge in [0.2, 0.25) is 0 Å². The molecule has 31 heavy (non-hydrogen) atoms. The lowest BCUT2D eigenvalue weighted by atomic mass is 10.0. The molecule has 0 radical (unpaired) electrons. The quantitative estimate of drug-likeness (QED) is 0.653. The van der Waals surface area contributed by atoms with Crippen LogP contribution in [0.15, 0.2) is 48.4 Å². The van der Waals surface area contributed by atoms with Gasteiger partial charge in [0.05, 0.1) is 14.8 Å². The molecule has 0 bridgehead atoms. The molecule has 0 aromatic heterocycles. The maximum absolute atomic E-state index is 13.5. The number of hydrogen-bond acceptors (Lipinski definition) is 3. The first-order valence-corrected chi connectivity index (χ1v) is 10.1. The van der Waals surface area contributed by atoms with Crippen molar-refractivity contribution < 1.29 is 27.6 Å². The molecule has 5 nitrogen and oxygen atoms in total. The second-order valence-electron chi connectivity index (χ2n) is 7.53. The smallest absolute Gasteiger partial charge is 0.318 e. The first-order valence-electron chi connectivity index (χ1n) is 15.1. The summed E-state index contributed by atoms with van der Waals surface area (Å²) in [6, 6.07) is 1.33. The zero-order valence-corrected chi connectivity index (χ0v) is 17.9. The van der Waals surface area contributed by atoms with Gasteiger partial charge in [0.15, 0.2) is 0 Å². The summed E-state index contributed by atoms with van der Waals surface area (Å²) < 4.78 is 101. The second kappa shape index (κ2) is 11.1. The van der Waals surface area contributed by atoms with Gasteiger partial charge in [-0.2, -0.15) is 0 Å². The number of nitrogens with zero attached hydrogens (tertiary/aromatic N) is 2. The number of piperidine rings is 1. The Morgan fingerprint density at radius 1 is 1.26 bits per heavy atom. The number of hydrogen-bond donors (Lipinski definition) is 1. The number of nitrogens with one attached hydrogen (secondary N) is 1. The average molecular weight is 438 g/mol. The first-order chi connectivity index (χ1) is 18.8. The number of halogens is 1. The molecule has 3 rings (SSSR count). The summed E-state index contributed by atoms with van der Waals surface area (Å²) in [5.74, 6) is -1.69. The third-order valence-electron chi connectivity index (χ3n) is 4.56. The largest absolute Gasteiger partial charge is 0.493 e. The van der Waals surface area contributed by atoms with E-state index in [4.69, 9.17) is 18.4 Å². The fourth-order valence-electron chi connectivity index (χ4n) is 2.89. The number of urea groups is 1. The molecule has 1 fully saturated rings. The number of likely N-dealkylation sites (tertiary alicyclic amines) is 1. The standard InChI is InChI=1S/C25H34FN3O2/c1-19(2)18-31-24-10-6-20(7-11-24)16-27-25(30)29(23-12-14-28(3)15-13-23)17-21-4-8-22(26)9-5-21/h4-11,19,23H,12-18H2,1-3H3,(H,27,30)/i6D,7D,10D,11D,14D2,15D2,18D2. The van der Waals surface area contributed by atoms with Gasteiger partial charge in [0.1, 0.15) is 11.6 Å². The summed E-state index contributed by atoms with van der Waals surface area (Å²) in [4.78, 5) is 15.7. The van der Waals surface area contributed by atoms with Crippen molar-refractivity contribution in [2.45, 2.75) is 45.8 Å². The molecule has 0 saturated carbocycles. The molecule has 2 aromatic carbocycles. The molecule has 0 aliphatic carbocycles. The highest BCUT2D eigenvalue weighted by Gasteiger charge is 2.27. The van der Waals surface area contributed by atoms with Crippen molar-refractivity contribution >= 4 is 6.03 Å². The average Bonchev–Trinajstić information content (AvgIpc) is 2.87. The van der Waals surface area contributed by atoms with E-state index < -0.39 is 79.8 Å². The summed E-state index contributed by atoms with van der Waals surface area (Å²) in [7, 11) is 1.32. The molecule has 168 valence electrons. The molecule has 2 amide bonds. The Morgan fingerprint density at radius 3 is 2.52 bits per heavy atom. The summed E-state index contributed by atoms with van der Waals surface area (Å²) in [6.45, 7) is -3.93. The maximum atomic E-state index is 13.5. The third-order valence-corrected chi connectivity index (χ3v) is 4.56. The van der Waals surface area contributed by atoms with E-state index in [1.165, 1.54) is 36.2 Å². The molecule has 1 aliphatic heterocycles. The molecule has 6 heteroatoms. The lowest BCUT2D eigenvalue weighted by Gasteiger charge is -2.37. The van der Waals surface area contributed by atoms with Crippen LogP contribution in [0.1, 0.15) is 51.5 Å². The normalized spacial score (nSPS) is 23.5. The summed E-state index contributed by atoms with van der Waals surface area (Å²) >= 11 is 0. The molecule has 0 atom stereocenters. The van der Waals surface area contributed by atoms with Crippen LogP contribution in [0, 0.1) is 11.7 Å². The van der Waals surface area contributed by atoms with Crippen LogP contribution in [0.3, 0.4) is 0 Å². The van der Waals surface area contributed by atoms with Crippen LogP contribution in [0.25, 0.3) is 0 Å². The number of amides is 2. The lowest BCUT2D eigenvalue weighted by molar-refractivity contribution is 0.127. The van der Waals surface area contributed by atoms with Crippen molar-refractivity contribution in [1.29, 1.82) is 0 Å².